The number of carbonyl (C=O) groups is 1. The number of piperidine rings is 1. The van der Waals surface area contributed by atoms with E-state index < -0.39 is 9.84 Å². The summed E-state index contributed by atoms with van der Waals surface area (Å²) >= 11 is 0. The highest BCUT2D eigenvalue weighted by Gasteiger charge is 2.24. The summed E-state index contributed by atoms with van der Waals surface area (Å²) in [6.07, 6.45) is 6.12. The van der Waals surface area contributed by atoms with Gasteiger partial charge in [-0.15, -0.1) is 5.10 Å². The summed E-state index contributed by atoms with van der Waals surface area (Å²) in [7, 11) is -3.43. The molecule has 7 nitrogen and oxygen atoms in total. The Labute approximate surface area is 177 Å². The lowest BCUT2D eigenvalue weighted by Gasteiger charge is -2.33. The maximum atomic E-state index is 12.3. The highest BCUT2D eigenvalue weighted by Crippen LogP contribution is 2.24. The number of aryl methyl sites for hydroxylation is 2. The van der Waals surface area contributed by atoms with E-state index in [4.69, 9.17) is 0 Å². The second-order valence-electron chi connectivity index (χ2n) is 8.09. The van der Waals surface area contributed by atoms with E-state index in [9.17, 15) is 13.2 Å². The first-order valence-electron chi connectivity index (χ1n) is 10.7. The molecule has 0 radical (unpaired) electrons. The molecule has 30 heavy (non-hydrogen) atoms. The molecule has 160 valence electrons. The molecule has 1 saturated heterocycles. The van der Waals surface area contributed by atoms with E-state index in [1.54, 1.807) is 30.3 Å². The molecule has 1 aliphatic heterocycles. The van der Waals surface area contributed by atoms with Crippen molar-refractivity contribution in [2.24, 2.45) is 0 Å². The summed E-state index contributed by atoms with van der Waals surface area (Å²) in [5.41, 5.74) is 2.46. The van der Waals surface area contributed by atoms with E-state index in [2.05, 4.69) is 26.5 Å². The highest BCUT2D eigenvalue weighted by atomic mass is 32.2. The quantitative estimate of drug-likeness (QED) is 0.759. The molecular weight excluding hydrogens is 400 g/mol. The van der Waals surface area contributed by atoms with Crippen LogP contribution in [0.2, 0.25) is 0 Å². The van der Waals surface area contributed by atoms with E-state index >= 15 is 0 Å². The first-order chi connectivity index (χ1) is 14.5. The van der Waals surface area contributed by atoms with Crippen LogP contribution in [0.1, 0.15) is 43.4 Å². The molecule has 0 bridgehead atoms. The van der Waals surface area contributed by atoms with Crippen LogP contribution in [-0.2, 0) is 27.5 Å². The van der Waals surface area contributed by atoms with Crippen molar-refractivity contribution < 1.29 is 13.2 Å². The molecule has 2 aromatic rings. The molecule has 0 spiro atoms. The number of hydrogen-bond acceptors (Lipinski definition) is 6. The third-order valence-corrected chi connectivity index (χ3v) is 7.67. The Morgan fingerprint density at radius 2 is 1.80 bits per heavy atom. The number of sulfone groups is 1. The molecule has 1 aromatic heterocycles. The van der Waals surface area contributed by atoms with Crippen LogP contribution in [0, 0.1) is 0 Å². The first-order valence-corrected chi connectivity index (χ1v) is 12.3. The van der Waals surface area contributed by atoms with Crippen molar-refractivity contribution >= 4 is 21.6 Å². The molecule has 0 saturated carbocycles. The molecule has 0 unspecified atom stereocenters. The monoisotopic (exact) mass is 428 g/mol. The number of benzene rings is 1. The van der Waals surface area contributed by atoms with Crippen molar-refractivity contribution in [2.45, 2.75) is 55.9 Å². The third kappa shape index (κ3) is 4.98. The van der Waals surface area contributed by atoms with Gasteiger partial charge in [0.05, 0.1) is 16.3 Å². The van der Waals surface area contributed by atoms with Crippen molar-refractivity contribution in [3.8, 4) is 0 Å². The minimum Gasteiger partial charge on any atom is -0.355 e. The maximum absolute atomic E-state index is 12.3. The lowest BCUT2D eigenvalue weighted by atomic mass is 9.96. The summed E-state index contributed by atoms with van der Waals surface area (Å²) in [5.74, 6) is 0.544. The van der Waals surface area contributed by atoms with Crippen molar-refractivity contribution in [3.05, 3.63) is 47.7 Å². The summed E-state index contributed by atoms with van der Waals surface area (Å²) < 4.78 is 24.7. The van der Waals surface area contributed by atoms with E-state index in [0.717, 1.165) is 50.3 Å². The van der Waals surface area contributed by atoms with Crippen molar-refractivity contribution in [2.75, 3.05) is 23.7 Å². The van der Waals surface area contributed by atoms with Gasteiger partial charge in [0.15, 0.2) is 15.7 Å². The Balaban J connectivity index is 1.25. The third-order valence-electron chi connectivity index (χ3n) is 5.94. The number of aromatic nitrogens is 2. The van der Waals surface area contributed by atoms with Crippen LogP contribution in [0.15, 0.2) is 41.3 Å². The van der Waals surface area contributed by atoms with Gasteiger partial charge in [-0.1, -0.05) is 18.2 Å². The van der Waals surface area contributed by atoms with Crippen molar-refractivity contribution in [1.82, 2.24) is 15.5 Å². The lowest BCUT2D eigenvalue weighted by Crippen LogP contribution is -2.45. The standard InChI is InChI=1S/C22H28N4O3S/c27-22(12-15-30(28,29)19-7-2-1-3-8-19)23-18-10-13-26(14-11-18)21-16-17-6-4-5-9-20(17)24-25-21/h1-3,7-8,16,18H,4-6,9-15H2,(H,23,27). The van der Waals surface area contributed by atoms with Gasteiger partial charge in [-0.05, 0) is 62.3 Å². The Bertz CT molecular complexity index is 987. The highest BCUT2D eigenvalue weighted by molar-refractivity contribution is 7.91. The van der Waals surface area contributed by atoms with E-state index in [1.165, 1.54) is 18.4 Å². The fourth-order valence-corrected chi connectivity index (χ4v) is 5.42. The molecule has 4 rings (SSSR count). The zero-order valence-electron chi connectivity index (χ0n) is 17.1. The summed E-state index contributed by atoms with van der Waals surface area (Å²) in [6.45, 7) is 1.61. The average molecular weight is 429 g/mol. The Hall–Kier alpha value is -2.48. The molecule has 1 fully saturated rings. The molecule has 0 atom stereocenters. The van der Waals surface area contributed by atoms with Crippen LogP contribution in [0.3, 0.4) is 0 Å². The zero-order valence-corrected chi connectivity index (χ0v) is 17.9. The van der Waals surface area contributed by atoms with Gasteiger partial charge in [0, 0.05) is 25.6 Å². The minimum absolute atomic E-state index is 0.0201. The Kier molecular flexibility index (Phi) is 6.32. The summed E-state index contributed by atoms with van der Waals surface area (Å²) in [6, 6.07) is 10.5. The van der Waals surface area contributed by atoms with Crippen molar-refractivity contribution in [3.63, 3.8) is 0 Å². The van der Waals surface area contributed by atoms with Gasteiger partial charge in [-0.2, -0.15) is 5.10 Å². The SMILES string of the molecule is O=C(CCS(=O)(=O)c1ccccc1)NC1CCN(c2cc3c(nn2)CCCC3)CC1. The number of anilines is 1. The second kappa shape index (κ2) is 9.12. The normalized spacial score (nSPS) is 17.4. The van der Waals surface area contributed by atoms with Gasteiger partial charge in [-0.3, -0.25) is 4.79 Å². The molecule has 1 aliphatic carbocycles. The topological polar surface area (TPSA) is 92.3 Å². The fraction of sp³-hybridized carbons (Fsp3) is 0.500. The van der Waals surface area contributed by atoms with Crippen LogP contribution in [0.25, 0.3) is 0 Å². The van der Waals surface area contributed by atoms with Crippen LogP contribution >= 0.6 is 0 Å². The van der Waals surface area contributed by atoms with Crippen LogP contribution in [0.5, 0.6) is 0 Å². The van der Waals surface area contributed by atoms with Crippen LogP contribution < -0.4 is 10.2 Å². The number of nitrogens with one attached hydrogen (secondary N) is 1. The Morgan fingerprint density at radius 1 is 1.07 bits per heavy atom. The van der Waals surface area contributed by atoms with E-state index in [1.807, 2.05) is 0 Å². The molecule has 1 amide bonds. The van der Waals surface area contributed by atoms with Gasteiger partial charge in [0.25, 0.3) is 0 Å². The smallest absolute Gasteiger partial charge is 0.221 e. The van der Waals surface area contributed by atoms with E-state index in [-0.39, 0.29) is 29.0 Å². The predicted octanol–water partition coefficient (Wildman–Crippen LogP) is 2.30. The summed E-state index contributed by atoms with van der Waals surface area (Å²) in [4.78, 5) is 14.8. The van der Waals surface area contributed by atoms with Gasteiger partial charge in [0.1, 0.15) is 0 Å². The number of hydrogen-bond donors (Lipinski definition) is 1. The summed E-state index contributed by atoms with van der Waals surface area (Å²) in [5, 5.41) is 11.8. The molecule has 2 heterocycles. The molecule has 1 N–H and O–H groups in total. The number of nitrogens with zero attached hydrogens (tertiary/aromatic N) is 3. The number of rotatable bonds is 6. The first kappa shape index (κ1) is 20.8. The van der Waals surface area contributed by atoms with Gasteiger partial charge < -0.3 is 10.2 Å². The number of fused-ring (bicyclic) bond motifs is 1. The molecular formula is C22H28N4O3S. The molecule has 2 aliphatic rings. The largest absolute Gasteiger partial charge is 0.355 e. The van der Waals surface area contributed by atoms with E-state index in [0.29, 0.717) is 0 Å². The van der Waals surface area contributed by atoms with Gasteiger partial charge >= 0.3 is 0 Å². The second-order valence-corrected chi connectivity index (χ2v) is 10.2. The van der Waals surface area contributed by atoms with Crippen LogP contribution in [0.4, 0.5) is 5.82 Å². The van der Waals surface area contributed by atoms with Gasteiger partial charge in [-0.25, -0.2) is 8.42 Å². The minimum atomic E-state index is -3.43. The van der Waals surface area contributed by atoms with Crippen LogP contribution in [-0.4, -0.2) is 49.4 Å². The molecule has 1 aromatic carbocycles. The number of carbonyl (C=O) groups excluding carboxylic acids is 1. The zero-order chi connectivity index (χ0) is 21.0. The number of amides is 1. The average Bonchev–Trinajstić information content (AvgIpc) is 2.79. The Morgan fingerprint density at radius 3 is 2.57 bits per heavy atom. The predicted molar refractivity (Wildman–Crippen MR) is 115 cm³/mol. The molecule has 8 heteroatoms. The maximum Gasteiger partial charge on any atom is 0.221 e. The van der Waals surface area contributed by atoms with Crippen molar-refractivity contribution in [1.29, 1.82) is 0 Å². The fourth-order valence-electron chi connectivity index (χ4n) is 4.16. The lowest BCUT2D eigenvalue weighted by molar-refractivity contribution is -0.121. The van der Waals surface area contributed by atoms with Gasteiger partial charge in [0.2, 0.25) is 5.91 Å².